The van der Waals surface area contributed by atoms with E-state index >= 15 is 0 Å². The topological polar surface area (TPSA) is 41.1 Å². The smallest absolute Gasteiger partial charge is 0.315 e. The van der Waals surface area contributed by atoms with Gasteiger partial charge in [0.25, 0.3) is 0 Å². The van der Waals surface area contributed by atoms with Crippen molar-refractivity contribution in [2.75, 3.05) is 0 Å². The Bertz CT molecular complexity index is 237. The lowest BCUT2D eigenvalue weighted by atomic mass is 9.75. The highest BCUT2D eigenvalue weighted by Crippen LogP contribution is 2.34. The van der Waals surface area contributed by atoms with Gasteiger partial charge in [0.1, 0.15) is 0 Å². The summed E-state index contributed by atoms with van der Waals surface area (Å²) >= 11 is 0. The highest BCUT2D eigenvalue weighted by atomic mass is 16.2. The molecular weight excluding hydrogens is 200 g/mol. The molecule has 92 valence electrons. The summed E-state index contributed by atoms with van der Waals surface area (Å²) < 4.78 is 0. The fraction of sp³-hybridized carbons (Fsp3) is 0.923. The van der Waals surface area contributed by atoms with Crippen LogP contribution >= 0.6 is 0 Å². The molecule has 2 aliphatic carbocycles. The predicted octanol–water partition coefficient (Wildman–Crippen LogP) is 2.95. The molecule has 0 spiro atoms. The van der Waals surface area contributed by atoms with E-state index in [4.69, 9.17) is 0 Å². The summed E-state index contributed by atoms with van der Waals surface area (Å²) in [5.41, 5.74) is 0.124. The molecular formula is C13H24N2O. The number of rotatable bonds is 3. The quantitative estimate of drug-likeness (QED) is 0.760. The van der Waals surface area contributed by atoms with Gasteiger partial charge in [-0.25, -0.2) is 4.79 Å². The molecule has 3 heteroatoms. The lowest BCUT2D eigenvalue weighted by Crippen LogP contribution is -2.57. The number of urea groups is 1. The van der Waals surface area contributed by atoms with Crippen LogP contribution in [0.25, 0.3) is 0 Å². The number of amides is 2. The molecule has 0 aromatic carbocycles. The second kappa shape index (κ2) is 5.07. The van der Waals surface area contributed by atoms with Crippen LogP contribution in [0.5, 0.6) is 0 Å². The average molecular weight is 224 g/mol. The van der Waals surface area contributed by atoms with Gasteiger partial charge in [-0.15, -0.1) is 0 Å². The minimum Gasteiger partial charge on any atom is -0.335 e. The molecule has 2 rings (SSSR count). The maximum Gasteiger partial charge on any atom is 0.315 e. The normalized spacial score (nSPS) is 24.6. The molecule has 2 amide bonds. The Morgan fingerprint density at radius 1 is 1.19 bits per heavy atom. The zero-order chi connectivity index (χ0) is 11.4. The molecule has 0 saturated heterocycles. The van der Waals surface area contributed by atoms with Crippen molar-refractivity contribution in [3.05, 3.63) is 0 Å². The van der Waals surface area contributed by atoms with E-state index in [9.17, 15) is 4.79 Å². The van der Waals surface area contributed by atoms with E-state index in [1.165, 1.54) is 25.7 Å². The largest absolute Gasteiger partial charge is 0.335 e. The third-order valence-corrected chi connectivity index (χ3v) is 4.31. The van der Waals surface area contributed by atoms with Gasteiger partial charge in [-0.3, -0.25) is 0 Å². The highest BCUT2D eigenvalue weighted by Gasteiger charge is 2.36. The number of carbonyl (C=O) groups excluding carboxylic acids is 1. The monoisotopic (exact) mass is 224 g/mol. The zero-order valence-electron chi connectivity index (χ0n) is 10.3. The van der Waals surface area contributed by atoms with E-state index in [2.05, 4.69) is 17.6 Å². The van der Waals surface area contributed by atoms with Gasteiger partial charge < -0.3 is 10.6 Å². The van der Waals surface area contributed by atoms with Gasteiger partial charge in [0.15, 0.2) is 0 Å². The fourth-order valence-electron chi connectivity index (χ4n) is 2.88. The van der Waals surface area contributed by atoms with E-state index in [0.717, 1.165) is 32.1 Å². The van der Waals surface area contributed by atoms with Crippen LogP contribution in [0.1, 0.15) is 64.7 Å². The first kappa shape index (κ1) is 11.7. The van der Waals surface area contributed by atoms with Crippen LogP contribution in [0.2, 0.25) is 0 Å². The lowest BCUT2D eigenvalue weighted by Gasteiger charge is -2.42. The van der Waals surface area contributed by atoms with E-state index in [1.54, 1.807) is 0 Å². The number of hydrogen-bond acceptors (Lipinski definition) is 1. The zero-order valence-corrected chi connectivity index (χ0v) is 10.3. The first-order valence-electron chi connectivity index (χ1n) is 6.83. The summed E-state index contributed by atoms with van der Waals surface area (Å²) in [7, 11) is 0. The van der Waals surface area contributed by atoms with Crippen LogP contribution in [0, 0.1) is 0 Å². The van der Waals surface area contributed by atoms with Crippen LogP contribution in [-0.2, 0) is 0 Å². The summed E-state index contributed by atoms with van der Waals surface area (Å²) in [5.74, 6) is 0. The molecule has 2 aliphatic rings. The Balaban J connectivity index is 1.74. The SMILES string of the molecule is CCC1(NC(=O)NC2CCCCC2)CCC1. The van der Waals surface area contributed by atoms with Crippen molar-refractivity contribution in [1.29, 1.82) is 0 Å². The van der Waals surface area contributed by atoms with Crippen molar-refractivity contribution in [3.63, 3.8) is 0 Å². The second-order valence-corrected chi connectivity index (χ2v) is 5.42. The van der Waals surface area contributed by atoms with Gasteiger partial charge in [0, 0.05) is 11.6 Å². The van der Waals surface area contributed by atoms with Crippen molar-refractivity contribution < 1.29 is 4.79 Å². The van der Waals surface area contributed by atoms with Crippen molar-refractivity contribution in [1.82, 2.24) is 10.6 Å². The van der Waals surface area contributed by atoms with Crippen molar-refractivity contribution in [2.45, 2.75) is 76.3 Å². The minimum absolute atomic E-state index is 0.0634. The lowest BCUT2D eigenvalue weighted by molar-refractivity contribution is 0.168. The predicted molar refractivity (Wildman–Crippen MR) is 65.4 cm³/mol. The van der Waals surface area contributed by atoms with Crippen molar-refractivity contribution >= 4 is 6.03 Å². The van der Waals surface area contributed by atoms with E-state index in [1.807, 2.05) is 0 Å². The molecule has 2 fully saturated rings. The summed E-state index contributed by atoms with van der Waals surface area (Å²) in [4.78, 5) is 11.9. The summed E-state index contributed by atoms with van der Waals surface area (Å²) in [6, 6.07) is 0.483. The maximum atomic E-state index is 11.9. The van der Waals surface area contributed by atoms with E-state index < -0.39 is 0 Å². The van der Waals surface area contributed by atoms with Crippen LogP contribution in [0.15, 0.2) is 0 Å². The number of hydrogen-bond donors (Lipinski definition) is 2. The van der Waals surface area contributed by atoms with Crippen molar-refractivity contribution in [3.8, 4) is 0 Å². The fourth-order valence-corrected chi connectivity index (χ4v) is 2.88. The van der Waals surface area contributed by atoms with Gasteiger partial charge in [-0.05, 0) is 38.5 Å². The molecule has 0 radical (unpaired) electrons. The minimum atomic E-state index is 0.0634. The van der Waals surface area contributed by atoms with Crippen LogP contribution in [0.4, 0.5) is 4.79 Å². The highest BCUT2D eigenvalue weighted by molar-refractivity contribution is 5.75. The Hall–Kier alpha value is -0.730. The Labute approximate surface area is 98.4 Å². The first-order chi connectivity index (χ1) is 7.74. The summed E-state index contributed by atoms with van der Waals surface area (Å²) in [6.07, 6.45) is 10.8. The number of nitrogens with one attached hydrogen (secondary N) is 2. The average Bonchev–Trinajstić information content (AvgIpc) is 2.25. The van der Waals surface area contributed by atoms with Crippen LogP contribution < -0.4 is 10.6 Å². The molecule has 16 heavy (non-hydrogen) atoms. The van der Waals surface area contributed by atoms with Gasteiger partial charge in [0.05, 0.1) is 0 Å². The Kier molecular flexibility index (Phi) is 3.72. The second-order valence-electron chi connectivity index (χ2n) is 5.42. The molecule has 2 saturated carbocycles. The summed E-state index contributed by atoms with van der Waals surface area (Å²) in [6.45, 7) is 2.17. The van der Waals surface area contributed by atoms with E-state index in [0.29, 0.717) is 6.04 Å². The van der Waals surface area contributed by atoms with Gasteiger partial charge >= 0.3 is 6.03 Å². The molecule has 0 unspecified atom stereocenters. The van der Waals surface area contributed by atoms with Crippen LogP contribution in [-0.4, -0.2) is 17.6 Å². The molecule has 0 aromatic heterocycles. The number of carbonyl (C=O) groups is 1. The van der Waals surface area contributed by atoms with Gasteiger partial charge in [0.2, 0.25) is 0 Å². The third-order valence-electron chi connectivity index (χ3n) is 4.31. The molecule has 3 nitrogen and oxygen atoms in total. The molecule has 0 aliphatic heterocycles. The Morgan fingerprint density at radius 2 is 1.88 bits per heavy atom. The molecule has 0 bridgehead atoms. The van der Waals surface area contributed by atoms with Gasteiger partial charge in [-0.2, -0.15) is 0 Å². The molecule has 2 N–H and O–H groups in total. The van der Waals surface area contributed by atoms with Gasteiger partial charge in [-0.1, -0.05) is 26.2 Å². The third kappa shape index (κ3) is 2.69. The maximum absolute atomic E-state index is 11.9. The Morgan fingerprint density at radius 3 is 2.38 bits per heavy atom. The summed E-state index contributed by atoms with van der Waals surface area (Å²) in [5, 5.41) is 6.30. The first-order valence-corrected chi connectivity index (χ1v) is 6.83. The van der Waals surface area contributed by atoms with E-state index in [-0.39, 0.29) is 11.6 Å². The molecule has 0 atom stereocenters. The molecule has 0 heterocycles. The standard InChI is InChI=1S/C13H24N2O/c1-2-13(9-6-10-13)15-12(16)14-11-7-4-3-5-8-11/h11H,2-10H2,1H3,(H2,14,15,16). The molecule has 0 aromatic rings. The van der Waals surface area contributed by atoms with Crippen LogP contribution in [0.3, 0.4) is 0 Å². The van der Waals surface area contributed by atoms with Crippen molar-refractivity contribution in [2.24, 2.45) is 0 Å².